The molecule has 1 amide bonds. The minimum Gasteiger partial charge on any atom is -0.392 e. The fourth-order valence-corrected chi connectivity index (χ4v) is 1.46. The van der Waals surface area contributed by atoms with Crippen molar-refractivity contribution in [1.82, 2.24) is 5.32 Å². The van der Waals surface area contributed by atoms with Crippen LogP contribution in [-0.2, 0) is 4.79 Å². The first kappa shape index (κ1) is 14.4. The van der Waals surface area contributed by atoms with Gasteiger partial charge in [0.2, 0.25) is 5.91 Å². The van der Waals surface area contributed by atoms with Gasteiger partial charge in [0.1, 0.15) is 0 Å². The lowest BCUT2D eigenvalue weighted by Gasteiger charge is -2.25. The quantitative estimate of drug-likeness (QED) is 0.519. The van der Waals surface area contributed by atoms with Crippen molar-refractivity contribution in [3.8, 4) is 0 Å². The van der Waals surface area contributed by atoms with Gasteiger partial charge in [0, 0.05) is 6.54 Å². The number of hydrogen-bond acceptors (Lipinski definition) is 2. The predicted molar refractivity (Wildman–Crippen MR) is 67.7 cm³/mol. The van der Waals surface area contributed by atoms with Crippen LogP contribution in [0.2, 0.25) is 0 Å². The summed E-state index contributed by atoms with van der Waals surface area (Å²) in [6.45, 7) is 6.56. The molecule has 88 valence electrons. The molecule has 0 aromatic rings. The molecule has 3 N–H and O–H groups in total. The topological polar surface area (TPSA) is 55.1 Å². The second-order valence-corrected chi connectivity index (χ2v) is 4.45. The van der Waals surface area contributed by atoms with Crippen LogP contribution in [0.4, 0.5) is 0 Å². The van der Waals surface area contributed by atoms with Crippen LogP contribution in [0, 0.1) is 5.41 Å². The van der Waals surface area contributed by atoms with Gasteiger partial charge >= 0.3 is 0 Å². The monoisotopic (exact) mass is 230 g/mol. The zero-order valence-corrected chi connectivity index (χ0v) is 10.7. The van der Waals surface area contributed by atoms with E-state index in [1.807, 2.05) is 6.92 Å². The molecule has 15 heavy (non-hydrogen) atoms. The first-order chi connectivity index (χ1) is 6.99. The summed E-state index contributed by atoms with van der Waals surface area (Å²) in [6.07, 6.45) is 3.94. The Bertz CT molecular complexity index is 231. The molecule has 1 unspecified atom stereocenters. The molecule has 0 radical (unpaired) electrons. The van der Waals surface area contributed by atoms with Crippen molar-refractivity contribution < 1.29 is 4.79 Å². The van der Waals surface area contributed by atoms with Crippen LogP contribution in [-0.4, -0.2) is 17.4 Å². The van der Waals surface area contributed by atoms with Crippen LogP contribution in [0.25, 0.3) is 0 Å². The van der Waals surface area contributed by atoms with E-state index in [0.29, 0.717) is 13.0 Å². The summed E-state index contributed by atoms with van der Waals surface area (Å²) in [6, 6.07) is 0. The second kappa shape index (κ2) is 6.77. The summed E-state index contributed by atoms with van der Waals surface area (Å²) in [5.74, 6) is -0.0476. The van der Waals surface area contributed by atoms with Gasteiger partial charge in [-0.3, -0.25) is 4.79 Å². The van der Waals surface area contributed by atoms with Crippen LogP contribution in [0.15, 0.2) is 0 Å². The van der Waals surface area contributed by atoms with E-state index < -0.39 is 5.41 Å². The summed E-state index contributed by atoms with van der Waals surface area (Å²) in [4.78, 5) is 12.1. The van der Waals surface area contributed by atoms with E-state index in [-0.39, 0.29) is 10.9 Å². The summed E-state index contributed by atoms with van der Waals surface area (Å²) >= 11 is 4.92. The maximum Gasteiger partial charge on any atom is 0.232 e. The number of nitrogens with two attached hydrogens (primary N) is 1. The summed E-state index contributed by atoms with van der Waals surface area (Å²) in [5, 5.41) is 2.88. The Labute approximate surface area is 97.8 Å². The highest BCUT2D eigenvalue weighted by atomic mass is 32.1. The van der Waals surface area contributed by atoms with E-state index in [0.717, 1.165) is 19.3 Å². The average Bonchev–Trinajstić information content (AvgIpc) is 2.22. The molecule has 3 nitrogen and oxygen atoms in total. The van der Waals surface area contributed by atoms with Gasteiger partial charge in [-0.15, -0.1) is 0 Å². The number of nitrogens with one attached hydrogen (secondary N) is 1. The van der Waals surface area contributed by atoms with Gasteiger partial charge < -0.3 is 11.1 Å². The summed E-state index contributed by atoms with van der Waals surface area (Å²) in [5.41, 5.74) is 4.89. The number of hydrogen-bond donors (Lipinski definition) is 2. The van der Waals surface area contributed by atoms with Gasteiger partial charge in [-0.2, -0.15) is 0 Å². The van der Waals surface area contributed by atoms with Crippen molar-refractivity contribution in [2.75, 3.05) is 6.54 Å². The Morgan fingerprint density at radius 1 is 1.40 bits per heavy atom. The third kappa shape index (κ3) is 4.16. The van der Waals surface area contributed by atoms with Crippen LogP contribution in [0.3, 0.4) is 0 Å². The summed E-state index contributed by atoms with van der Waals surface area (Å²) in [7, 11) is 0. The highest BCUT2D eigenvalue weighted by molar-refractivity contribution is 7.80. The number of unbranched alkanes of at least 4 members (excludes halogenated alkanes) is 2. The Hall–Kier alpha value is -0.640. The maximum atomic E-state index is 11.8. The molecule has 0 aliphatic carbocycles. The zero-order valence-electron chi connectivity index (χ0n) is 9.93. The van der Waals surface area contributed by atoms with Gasteiger partial charge in [-0.25, -0.2) is 0 Å². The molecular formula is C11H22N2OS. The third-order valence-electron chi connectivity index (χ3n) is 2.82. The van der Waals surface area contributed by atoms with Crippen LogP contribution < -0.4 is 11.1 Å². The molecule has 0 fully saturated rings. The third-order valence-corrected chi connectivity index (χ3v) is 3.27. The highest BCUT2D eigenvalue weighted by Gasteiger charge is 2.33. The van der Waals surface area contributed by atoms with E-state index in [1.165, 1.54) is 0 Å². The number of carbonyl (C=O) groups excluding carboxylic acids is 1. The van der Waals surface area contributed by atoms with Crippen molar-refractivity contribution >= 4 is 23.1 Å². The van der Waals surface area contributed by atoms with Gasteiger partial charge in [0.15, 0.2) is 0 Å². The lowest BCUT2D eigenvalue weighted by molar-refractivity contribution is -0.126. The standard InChI is InChI=1S/C11H22N2OS/c1-4-6-7-8-13-10(14)11(3,5-2)9(12)15/h4-8H2,1-3H3,(H2,12,15)(H,13,14). The van der Waals surface area contributed by atoms with Gasteiger partial charge in [0.05, 0.1) is 10.4 Å². The molecule has 0 aromatic heterocycles. The lowest BCUT2D eigenvalue weighted by Crippen LogP contribution is -2.46. The molecule has 0 saturated heterocycles. The molecule has 1 atom stereocenters. The zero-order chi connectivity index (χ0) is 11.9. The molecule has 0 spiro atoms. The molecule has 0 heterocycles. The maximum absolute atomic E-state index is 11.8. The molecule has 0 aliphatic rings. The minimum absolute atomic E-state index is 0.0476. The second-order valence-electron chi connectivity index (χ2n) is 4.01. The van der Waals surface area contributed by atoms with E-state index >= 15 is 0 Å². The molecular weight excluding hydrogens is 208 g/mol. The van der Waals surface area contributed by atoms with Crippen molar-refractivity contribution in [3.63, 3.8) is 0 Å². The SMILES string of the molecule is CCCCCNC(=O)C(C)(CC)C(N)=S. The van der Waals surface area contributed by atoms with E-state index in [4.69, 9.17) is 18.0 Å². The largest absolute Gasteiger partial charge is 0.392 e. The number of amides is 1. The van der Waals surface area contributed by atoms with E-state index in [2.05, 4.69) is 12.2 Å². The molecule has 0 aromatic carbocycles. The van der Waals surface area contributed by atoms with Crippen molar-refractivity contribution in [3.05, 3.63) is 0 Å². The van der Waals surface area contributed by atoms with Gasteiger partial charge in [-0.1, -0.05) is 38.9 Å². The molecule has 0 bridgehead atoms. The van der Waals surface area contributed by atoms with Crippen LogP contribution in [0.1, 0.15) is 46.5 Å². The number of carbonyl (C=O) groups is 1. The Morgan fingerprint density at radius 3 is 2.40 bits per heavy atom. The predicted octanol–water partition coefficient (Wildman–Crippen LogP) is 2.00. The number of thiocarbonyl (C=S) groups is 1. The fourth-order valence-electron chi connectivity index (χ4n) is 1.22. The smallest absolute Gasteiger partial charge is 0.232 e. The minimum atomic E-state index is -0.693. The first-order valence-corrected chi connectivity index (χ1v) is 5.98. The number of rotatable bonds is 7. The molecule has 4 heteroatoms. The van der Waals surface area contributed by atoms with Crippen molar-refractivity contribution in [1.29, 1.82) is 0 Å². The Balaban J connectivity index is 4.11. The van der Waals surface area contributed by atoms with Crippen molar-refractivity contribution in [2.24, 2.45) is 11.1 Å². The normalized spacial score (nSPS) is 14.3. The van der Waals surface area contributed by atoms with Crippen LogP contribution >= 0.6 is 12.2 Å². The molecule has 0 aliphatic heterocycles. The Kier molecular flexibility index (Phi) is 6.48. The lowest BCUT2D eigenvalue weighted by atomic mass is 9.86. The van der Waals surface area contributed by atoms with E-state index in [1.54, 1.807) is 6.92 Å². The highest BCUT2D eigenvalue weighted by Crippen LogP contribution is 2.21. The summed E-state index contributed by atoms with van der Waals surface area (Å²) < 4.78 is 0. The van der Waals surface area contributed by atoms with Gasteiger partial charge in [0.25, 0.3) is 0 Å². The molecule has 0 rings (SSSR count). The van der Waals surface area contributed by atoms with Crippen LogP contribution in [0.5, 0.6) is 0 Å². The average molecular weight is 230 g/mol. The van der Waals surface area contributed by atoms with Gasteiger partial charge in [-0.05, 0) is 19.8 Å². The van der Waals surface area contributed by atoms with Crippen molar-refractivity contribution in [2.45, 2.75) is 46.5 Å². The Morgan fingerprint density at radius 2 is 2.00 bits per heavy atom. The first-order valence-electron chi connectivity index (χ1n) is 5.57. The van der Waals surface area contributed by atoms with E-state index in [9.17, 15) is 4.79 Å². The fraction of sp³-hybridized carbons (Fsp3) is 0.818. The molecule has 0 saturated carbocycles.